The van der Waals surface area contributed by atoms with Crippen LogP contribution in [0.25, 0.3) is 0 Å². The molecule has 0 radical (unpaired) electrons. The summed E-state index contributed by atoms with van der Waals surface area (Å²) < 4.78 is 0. The van der Waals surface area contributed by atoms with Crippen molar-refractivity contribution in [2.45, 2.75) is 58.3 Å². The number of aliphatic hydroxyl groups excluding tert-OH is 2. The summed E-state index contributed by atoms with van der Waals surface area (Å²) in [6, 6.07) is 0. The van der Waals surface area contributed by atoms with E-state index in [1.54, 1.807) is 0 Å². The second kappa shape index (κ2) is 5.29. The average Bonchev–Trinajstić information content (AvgIpc) is 2.89. The van der Waals surface area contributed by atoms with Gasteiger partial charge in [0.2, 0.25) is 0 Å². The van der Waals surface area contributed by atoms with Gasteiger partial charge in [-0.25, -0.2) is 0 Å². The molecule has 3 atom stereocenters. The molecule has 0 amide bonds. The van der Waals surface area contributed by atoms with Crippen molar-refractivity contribution in [3.8, 4) is 0 Å². The van der Waals surface area contributed by atoms with Crippen LogP contribution in [0.1, 0.15) is 58.3 Å². The lowest BCUT2D eigenvalue weighted by molar-refractivity contribution is -0.127. The highest BCUT2D eigenvalue weighted by atomic mass is 16.3. The number of hydrogen-bond donors (Lipinski definition) is 2. The number of hydrogen-bond acceptors (Lipinski definition) is 3. The van der Waals surface area contributed by atoms with Crippen LogP contribution in [0.4, 0.5) is 0 Å². The van der Waals surface area contributed by atoms with Crippen molar-refractivity contribution in [2.24, 2.45) is 22.7 Å². The molecule has 126 valence electrons. The predicted molar refractivity (Wildman–Crippen MR) is 88.7 cm³/mol. The lowest BCUT2D eigenvalue weighted by Crippen LogP contribution is -2.40. The van der Waals surface area contributed by atoms with Gasteiger partial charge in [-0.2, -0.15) is 0 Å². The van der Waals surface area contributed by atoms with E-state index in [2.05, 4.69) is 13.0 Å². The Balaban J connectivity index is 1.68. The summed E-state index contributed by atoms with van der Waals surface area (Å²) >= 11 is 0. The summed E-state index contributed by atoms with van der Waals surface area (Å²) in [4.78, 5) is 12.4. The summed E-state index contributed by atoms with van der Waals surface area (Å²) in [6.07, 6.45) is 10.0. The van der Waals surface area contributed by atoms with Crippen LogP contribution in [-0.4, -0.2) is 29.2 Å². The van der Waals surface area contributed by atoms with Gasteiger partial charge in [0.1, 0.15) is 5.78 Å². The van der Waals surface area contributed by atoms with Gasteiger partial charge in [0.05, 0.1) is 13.2 Å². The van der Waals surface area contributed by atoms with E-state index in [0.717, 1.165) is 51.4 Å². The number of fused-ring (bicyclic) bond motifs is 4. The molecule has 0 heterocycles. The Hall–Kier alpha value is -0.930. The van der Waals surface area contributed by atoms with E-state index >= 15 is 0 Å². The molecule has 0 aromatic rings. The largest absolute Gasteiger partial charge is 0.396 e. The summed E-state index contributed by atoms with van der Waals surface area (Å²) in [7, 11) is 0. The highest BCUT2D eigenvalue weighted by Crippen LogP contribution is 2.58. The minimum atomic E-state index is -0.307. The number of carbonyl (C=O) groups excluding carboxylic acids is 1. The molecule has 1 saturated carbocycles. The fourth-order valence-corrected chi connectivity index (χ4v) is 5.85. The van der Waals surface area contributed by atoms with Crippen LogP contribution in [0.15, 0.2) is 22.8 Å². The molecule has 23 heavy (non-hydrogen) atoms. The minimum Gasteiger partial charge on any atom is -0.396 e. The molecule has 0 aliphatic heterocycles. The monoisotopic (exact) mass is 316 g/mol. The first-order valence-electron chi connectivity index (χ1n) is 9.19. The van der Waals surface area contributed by atoms with Gasteiger partial charge in [-0.1, -0.05) is 18.6 Å². The summed E-state index contributed by atoms with van der Waals surface area (Å²) in [5.41, 5.74) is 4.09. The quantitative estimate of drug-likeness (QED) is 0.823. The molecule has 2 N–H and O–H groups in total. The second-order valence-electron chi connectivity index (χ2n) is 8.57. The van der Waals surface area contributed by atoms with Gasteiger partial charge < -0.3 is 10.2 Å². The molecule has 3 heteroatoms. The van der Waals surface area contributed by atoms with Crippen molar-refractivity contribution >= 4 is 5.78 Å². The second-order valence-corrected chi connectivity index (χ2v) is 8.57. The van der Waals surface area contributed by atoms with E-state index in [-0.39, 0.29) is 24.0 Å². The van der Waals surface area contributed by atoms with Gasteiger partial charge in [-0.05, 0) is 67.9 Å². The van der Waals surface area contributed by atoms with E-state index in [4.69, 9.17) is 0 Å². The SMILES string of the molecule is C[C@]12CC=C3C4=C(CCC3C1CCC2=O)CC(CO)(CO)CC4. The lowest BCUT2D eigenvalue weighted by atomic mass is 9.57. The number of rotatable bonds is 2. The number of Topliss-reactive ketones (excluding diaryl/α,β-unsaturated/α-hetero) is 1. The van der Waals surface area contributed by atoms with E-state index < -0.39 is 0 Å². The normalized spacial score (nSPS) is 38.7. The van der Waals surface area contributed by atoms with Gasteiger partial charge >= 0.3 is 0 Å². The van der Waals surface area contributed by atoms with Crippen LogP contribution in [0.2, 0.25) is 0 Å². The predicted octanol–water partition coefficient (Wildman–Crippen LogP) is 3.16. The fraction of sp³-hybridized carbons (Fsp3) is 0.750. The van der Waals surface area contributed by atoms with Crippen molar-refractivity contribution in [2.75, 3.05) is 13.2 Å². The van der Waals surface area contributed by atoms with Crippen molar-refractivity contribution < 1.29 is 15.0 Å². The van der Waals surface area contributed by atoms with E-state index in [1.807, 2.05) is 0 Å². The van der Waals surface area contributed by atoms with Crippen LogP contribution in [-0.2, 0) is 4.79 Å². The molecule has 0 aromatic heterocycles. The summed E-state index contributed by atoms with van der Waals surface area (Å²) in [5, 5.41) is 19.4. The van der Waals surface area contributed by atoms with Crippen molar-refractivity contribution in [3.05, 3.63) is 22.8 Å². The molecule has 0 aromatic carbocycles. The maximum Gasteiger partial charge on any atom is 0.139 e. The highest BCUT2D eigenvalue weighted by molar-refractivity contribution is 5.87. The Kier molecular flexibility index (Phi) is 3.58. The first-order chi connectivity index (χ1) is 11.0. The molecular weight excluding hydrogens is 288 g/mol. The molecule has 0 saturated heterocycles. The van der Waals surface area contributed by atoms with E-state index in [1.165, 1.54) is 16.7 Å². The topological polar surface area (TPSA) is 57.5 Å². The fourth-order valence-electron chi connectivity index (χ4n) is 5.85. The molecule has 1 fully saturated rings. The zero-order valence-corrected chi connectivity index (χ0v) is 14.1. The van der Waals surface area contributed by atoms with Gasteiger partial charge in [0, 0.05) is 17.3 Å². The third-order valence-corrected chi connectivity index (χ3v) is 7.47. The third-order valence-electron chi connectivity index (χ3n) is 7.47. The van der Waals surface area contributed by atoms with Crippen molar-refractivity contribution in [1.29, 1.82) is 0 Å². The van der Waals surface area contributed by atoms with Crippen molar-refractivity contribution in [1.82, 2.24) is 0 Å². The Bertz CT molecular complexity index is 596. The standard InChI is InChI=1S/C20H28O3/c1-19-8-6-15-14-7-9-20(11-21,12-22)10-13(14)2-3-16(15)17(19)4-5-18(19)23/h6,16-17,21-22H,2-5,7-12H2,1H3/t16?,17?,19-/m0/s1. The van der Waals surface area contributed by atoms with E-state index in [9.17, 15) is 15.0 Å². The molecule has 0 bridgehead atoms. The first kappa shape index (κ1) is 15.6. The molecule has 0 spiro atoms. The van der Waals surface area contributed by atoms with Crippen LogP contribution in [0.3, 0.4) is 0 Å². The Morgan fingerprint density at radius 1 is 1.17 bits per heavy atom. The summed E-state index contributed by atoms with van der Waals surface area (Å²) in [6.45, 7) is 2.35. The maximum absolute atomic E-state index is 12.4. The number of aliphatic hydroxyl groups is 2. The molecule has 3 nitrogen and oxygen atoms in total. The lowest BCUT2D eigenvalue weighted by Gasteiger charge is -2.47. The van der Waals surface area contributed by atoms with Crippen LogP contribution in [0, 0.1) is 22.7 Å². The molecule has 4 rings (SSSR count). The first-order valence-corrected chi connectivity index (χ1v) is 9.19. The zero-order valence-electron chi connectivity index (χ0n) is 14.1. The highest BCUT2D eigenvalue weighted by Gasteiger charge is 2.52. The molecule has 4 aliphatic carbocycles. The van der Waals surface area contributed by atoms with Gasteiger partial charge in [0.15, 0.2) is 0 Å². The van der Waals surface area contributed by atoms with Gasteiger partial charge in [-0.15, -0.1) is 0 Å². The zero-order chi connectivity index (χ0) is 16.2. The Labute approximate surface area is 138 Å². The minimum absolute atomic E-state index is 0.0813. The number of ketones is 1. The number of carbonyl (C=O) groups is 1. The molecule has 2 unspecified atom stereocenters. The van der Waals surface area contributed by atoms with Crippen LogP contribution >= 0.6 is 0 Å². The van der Waals surface area contributed by atoms with Crippen LogP contribution in [0.5, 0.6) is 0 Å². The van der Waals surface area contributed by atoms with E-state index in [0.29, 0.717) is 17.6 Å². The number of allylic oxidation sites excluding steroid dienone is 4. The Morgan fingerprint density at radius 3 is 2.70 bits per heavy atom. The maximum atomic E-state index is 12.4. The Morgan fingerprint density at radius 2 is 1.96 bits per heavy atom. The summed E-state index contributed by atoms with van der Waals surface area (Å²) in [5.74, 6) is 1.57. The van der Waals surface area contributed by atoms with Crippen LogP contribution < -0.4 is 0 Å². The average molecular weight is 316 g/mol. The molecule has 4 aliphatic rings. The third kappa shape index (κ3) is 2.12. The van der Waals surface area contributed by atoms with Crippen molar-refractivity contribution in [3.63, 3.8) is 0 Å². The molecular formula is C20H28O3. The smallest absolute Gasteiger partial charge is 0.139 e. The van der Waals surface area contributed by atoms with Gasteiger partial charge in [0.25, 0.3) is 0 Å². The van der Waals surface area contributed by atoms with Gasteiger partial charge in [-0.3, -0.25) is 4.79 Å².